The molecular formula is C19H20ClF3N4O2S. The molecule has 1 atom stereocenters. The van der Waals surface area contributed by atoms with Crippen molar-refractivity contribution in [2.45, 2.75) is 56.4 Å². The molecule has 6 nitrogen and oxygen atoms in total. The fraction of sp³-hybridized carbons (Fsp3) is 0.474. The maximum absolute atomic E-state index is 12.9. The smallest absolute Gasteiger partial charge is 0.326 e. The Morgan fingerprint density at radius 1 is 1.20 bits per heavy atom. The van der Waals surface area contributed by atoms with E-state index < -0.39 is 27.9 Å². The van der Waals surface area contributed by atoms with Gasteiger partial charge in [-0.25, -0.2) is 0 Å². The van der Waals surface area contributed by atoms with Crippen molar-refractivity contribution in [3.63, 3.8) is 0 Å². The second-order valence-electron chi connectivity index (χ2n) is 7.03. The van der Waals surface area contributed by atoms with Gasteiger partial charge in [0.05, 0.1) is 10.6 Å². The SMILES string of the molecule is O=C(C[C@H]1S/C(=N/N=C2CCCCCC2)NC1=O)Nc1ccc(Cl)c(C(F)(F)F)c1. The Labute approximate surface area is 180 Å². The summed E-state index contributed by atoms with van der Waals surface area (Å²) in [6.07, 6.45) is 1.44. The highest BCUT2D eigenvalue weighted by Gasteiger charge is 2.34. The first kappa shape index (κ1) is 22.6. The van der Waals surface area contributed by atoms with E-state index in [1.807, 2.05) is 0 Å². The molecule has 1 saturated carbocycles. The van der Waals surface area contributed by atoms with Crippen molar-refractivity contribution in [1.29, 1.82) is 0 Å². The van der Waals surface area contributed by atoms with Crippen LogP contribution in [0.1, 0.15) is 50.5 Å². The highest BCUT2D eigenvalue weighted by atomic mass is 35.5. The third kappa shape index (κ3) is 6.21. The average Bonchev–Trinajstić information content (AvgIpc) is 2.86. The monoisotopic (exact) mass is 460 g/mol. The molecule has 2 amide bonds. The maximum atomic E-state index is 12.9. The standard InChI is InChI=1S/C19H20ClF3N4O2S/c20-14-8-7-12(9-13(14)19(21,22)23)24-16(28)10-15-17(29)25-18(30-15)27-26-11-5-3-1-2-4-6-11/h7-9,15H,1-6,10H2,(H,24,28)(H,25,27,29)/t15-/m1/s1. The predicted molar refractivity (Wildman–Crippen MR) is 112 cm³/mol. The molecule has 1 aliphatic heterocycles. The number of rotatable bonds is 4. The predicted octanol–water partition coefficient (Wildman–Crippen LogP) is 4.99. The van der Waals surface area contributed by atoms with E-state index >= 15 is 0 Å². The van der Waals surface area contributed by atoms with Crippen molar-refractivity contribution in [2.75, 3.05) is 5.32 Å². The molecule has 2 fully saturated rings. The Morgan fingerprint density at radius 2 is 1.90 bits per heavy atom. The van der Waals surface area contributed by atoms with Gasteiger partial charge in [-0.1, -0.05) is 36.2 Å². The zero-order chi connectivity index (χ0) is 21.7. The van der Waals surface area contributed by atoms with Crippen LogP contribution >= 0.6 is 23.4 Å². The lowest BCUT2D eigenvalue weighted by molar-refractivity contribution is -0.137. The Hall–Kier alpha value is -2.07. The number of hydrogen-bond acceptors (Lipinski definition) is 5. The quantitative estimate of drug-likeness (QED) is 0.490. The highest BCUT2D eigenvalue weighted by Crippen LogP contribution is 2.36. The van der Waals surface area contributed by atoms with Gasteiger partial charge in [0.1, 0.15) is 5.25 Å². The van der Waals surface area contributed by atoms with Crippen molar-refractivity contribution in [3.8, 4) is 0 Å². The van der Waals surface area contributed by atoms with E-state index in [-0.39, 0.29) is 18.0 Å². The van der Waals surface area contributed by atoms with Crippen molar-refractivity contribution in [3.05, 3.63) is 28.8 Å². The molecule has 2 N–H and O–H groups in total. The van der Waals surface area contributed by atoms with E-state index in [0.29, 0.717) is 5.17 Å². The van der Waals surface area contributed by atoms with Gasteiger partial charge in [0, 0.05) is 17.8 Å². The third-order valence-electron chi connectivity index (χ3n) is 4.67. The number of carbonyl (C=O) groups is 2. The largest absolute Gasteiger partial charge is 0.417 e. The van der Waals surface area contributed by atoms with Gasteiger partial charge < -0.3 is 10.6 Å². The lowest BCUT2D eigenvalue weighted by Gasteiger charge is -2.12. The lowest BCUT2D eigenvalue weighted by atomic mass is 10.2. The number of halogens is 4. The van der Waals surface area contributed by atoms with Crippen molar-refractivity contribution in [2.24, 2.45) is 10.2 Å². The number of carbonyl (C=O) groups excluding carboxylic acids is 2. The molecule has 30 heavy (non-hydrogen) atoms. The number of nitrogens with zero attached hydrogens (tertiary/aromatic N) is 2. The normalized spacial score (nSPS) is 21.3. The van der Waals surface area contributed by atoms with Gasteiger partial charge in [-0.3, -0.25) is 9.59 Å². The fourth-order valence-electron chi connectivity index (χ4n) is 3.14. The summed E-state index contributed by atoms with van der Waals surface area (Å²) >= 11 is 6.65. The molecule has 0 radical (unpaired) electrons. The van der Waals surface area contributed by atoms with Gasteiger partial charge in [-0.2, -0.15) is 18.3 Å². The molecule has 0 bridgehead atoms. The van der Waals surface area contributed by atoms with Crippen LogP contribution in [0.3, 0.4) is 0 Å². The Bertz CT molecular complexity index is 879. The summed E-state index contributed by atoms with van der Waals surface area (Å²) < 4.78 is 38.8. The van der Waals surface area contributed by atoms with E-state index in [1.54, 1.807) is 0 Å². The molecule has 162 valence electrons. The Morgan fingerprint density at radius 3 is 2.57 bits per heavy atom. The molecule has 1 heterocycles. The zero-order valence-corrected chi connectivity index (χ0v) is 17.5. The lowest BCUT2D eigenvalue weighted by Crippen LogP contribution is -2.28. The second-order valence-corrected chi connectivity index (χ2v) is 8.62. The summed E-state index contributed by atoms with van der Waals surface area (Å²) in [6, 6.07) is 3.10. The van der Waals surface area contributed by atoms with Crippen molar-refractivity contribution >= 4 is 51.7 Å². The van der Waals surface area contributed by atoms with Gasteiger partial charge in [-0.05, 0) is 43.9 Å². The molecule has 0 aromatic heterocycles. The van der Waals surface area contributed by atoms with Crippen LogP contribution in [-0.2, 0) is 15.8 Å². The number of amidine groups is 1. The molecule has 1 aromatic rings. The maximum Gasteiger partial charge on any atom is 0.417 e. The first-order valence-corrected chi connectivity index (χ1v) is 10.8. The Kier molecular flexibility index (Phi) is 7.41. The van der Waals surface area contributed by atoms with Gasteiger partial charge in [-0.15, -0.1) is 5.10 Å². The van der Waals surface area contributed by atoms with E-state index in [4.69, 9.17) is 11.6 Å². The van der Waals surface area contributed by atoms with Gasteiger partial charge >= 0.3 is 6.18 Å². The van der Waals surface area contributed by atoms with Crippen LogP contribution in [0.15, 0.2) is 28.4 Å². The fourth-order valence-corrected chi connectivity index (χ4v) is 4.28. The number of amides is 2. The molecule has 0 unspecified atom stereocenters. The number of nitrogens with one attached hydrogen (secondary N) is 2. The van der Waals surface area contributed by atoms with Gasteiger partial charge in [0.2, 0.25) is 11.8 Å². The van der Waals surface area contributed by atoms with Crippen LogP contribution in [-0.4, -0.2) is 27.9 Å². The van der Waals surface area contributed by atoms with Crippen LogP contribution in [0.2, 0.25) is 5.02 Å². The number of thioether (sulfide) groups is 1. The van der Waals surface area contributed by atoms with Crippen LogP contribution in [0.5, 0.6) is 0 Å². The first-order valence-electron chi connectivity index (χ1n) is 9.50. The summed E-state index contributed by atoms with van der Waals surface area (Å²) in [5.74, 6) is -0.975. The van der Waals surface area contributed by atoms with Crippen LogP contribution in [0.25, 0.3) is 0 Å². The minimum Gasteiger partial charge on any atom is -0.326 e. The summed E-state index contributed by atoms with van der Waals surface area (Å²) in [6.45, 7) is 0. The topological polar surface area (TPSA) is 82.9 Å². The molecule has 11 heteroatoms. The summed E-state index contributed by atoms with van der Waals surface area (Å²) in [5, 5.41) is 12.4. The average molecular weight is 461 g/mol. The molecule has 1 saturated heterocycles. The van der Waals surface area contributed by atoms with E-state index in [9.17, 15) is 22.8 Å². The summed E-state index contributed by atoms with van der Waals surface area (Å²) in [7, 11) is 0. The molecule has 1 aromatic carbocycles. The number of anilines is 1. The van der Waals surface area contributed by atoms with Crippen molar-refractivity contribution in [1.82, 2.24) is 5.32 Å². The highest BCUT2D eigenvalue weighted by molar-refractivity contribution is 8.15. The minimum atomic E-state index is -4.64. The third-order valence-corrected chi connectivity index (χ3v) is 6.07. The second kappa shape index (κ2) is 9.82. The Balaban J connectivity index is 1.59. The summed E-state index contributed by atoms with van der Waals surface area (Å²) in [4.78, 5) is 24.3. The minimum absolute atomic E-state index is 0.0474. The number of alkyl halides is 3. The molecule has 2 aliphatic rings. The first-order chi connectivity index (χ1) is 14.2. The summed E-state index contributed by atoms with van der Waals surface area (Å²) in [5.41, 5.74) is -0.0879. The molecular weight excluding hydrogens is 441 g/mol. The van der Waals surface area contributed by atoms with Gasteiger partial charge in [0.15, 0.2) is 5.17 Å². The number of benzene rings is 1. The van der Waals surface area contributed by atoms with E-state index in [1.165, 1.54) is 18.9 Å². The van der Waals surface area contributed by atoms with Crippen molar-refractivity contribution < 1.29 is 22.8 Å². The van der Waals surface area contributed by atoms with Crippen LogP contribution in [0, 0.1) is 0 Å². The van der Waals surface area contributed by atoms with Crippen LogP contribution < -0.4 is 10.6 Å². The number of hydrogen-bond donors (Lipinski definition) is 2. The molecule has 1 aliphatic carbocycles. The molecule has 3 rings (SSSR count). The van der Waals surface area contributed by atoms with E-state index in [2.05, 4.69) is 20.8 Å². The zero-order valence-electron chi connectivity index (χ0n) is 15.9. The molecule has 0 spiro atoms. The van der Waals surface area contributed by atoms with Gasteiger partial charge in [0.25, 0.3) is 0 Å². The van der Waals surface area contributed by atoms with E-state index in [0.717, 1.165) is 55.3 Å². The van der Waals surface area contributed by atoms with Crippen LogP contribution in [0.4, 0.5) is 18.9 Å².